The van der Waals surface area contributed by atoms with Gasteiger partial charge in [-0.1, -0.05) is 24.2 Å². The molecule has 21 heavy (non-hydrogen) atoms. The van der Waals surface area contributed by atoms with Gasteiger partial charge >= 0.3 is 6.18 Å². The lowest BCUT2D eigenvalue weighted by atomic mass is 9.85. The van der Waals surface area contributed by atoms with E-state index in [9.17, 15) is 13.2 Å². The van der Waals surface area contributed by atoms with Crippen molar-refractivity contribution in [2.45, 2.75) is 50.4 Å². The predicted octanol–water partition coefficient (Wildman–Crippen LogP) is 2.80. The van der Waals surface area contributed by atoms with Crippen LogP contribution in [0.3, 0.4) is 0 Å². The van der Waals surface area contributed by atoms with Gasteiger partial charge < -0.3 is 5.32 Å². The van der Waals surface area contributed by atoms with E-state index in [0.717, 1.165) is 17.4 Å². The van der Waals surface area contributed by atoms with Crippen molar-refractivity contribution in [1.82, 2.24) is 25.1 Å². The Morgan fingerprint density at radius 2 is 2.00 bits per heavy atom. The Kier molecular flexibility index (Phi) is 2.97. The molecule has 0 aromatic carbocycles. The summed E-state index contributed by atoms with van der Waals surface area (Å²) >= 11 is 1.19. The molecule has 114 valence electrons. The lowest BCUT2D eigenvalue weighted by Crippen LogP contribution is -2.30. The van der Waals surface area contributed by atoms with Crippen LogP contribution < -0.4 is 5.32 Å². The van der Waals surface area contributed by atoms with Crippen molar-refractivity contribution in [3.8, 4) is 0 Å². The van der Waals surface area contributed by atoms with Crippen LogP contribution in [0.1, 0.15) is 49.0 Å². The van der Waals surface area contributed by atoms with Crippen molar-refractivity contribution in [2.75, 3.05) is 0 Å². The molecule has 1 saturated carbocycles. The maximum atomic E-state index is 12.8. The van der Waals surface area contributed by atoms with Crippen LogP contribution in [-0.2, 0) is 6.18 Å². The van der Waals surface area contributed by atoms with Gasteiger partial charge in [0.25, 0.3) is 5.82 Å². The van der Waals surface area contributed by atoms with Gasteiger partial charge in [0, 0.05) is 6.04 Å². The number of hydrogen-bond donors (Lipinski definition) is 1. The molecule has 2 fully saturated rings. The highest BCUT2D eigenvalue weighted by molar-refractivity contribution is 7.16. The molecule has 3 unspecified atom stereocenters. The quantitative estimate of drug-likeness (QED) is 0.879. The van der Waals surface area contributed by atoms with Crippen LogP contribution in [0.15, 0.2) is 0 Å². The zero-order valence-corrected chi connectivity index (χ0v) is 11.9. The molecule has 5 nitrogen and oxygen atoms in total. The number of rotatable bonds is 1. The van der Waals surface area contributed by atoms with Gasteiger partial charge in [-0.2, -0.15) is 22.8 Å². The average molecular weight is 317 g/mol. The van der Waals surface area contributed by atoms with Crippen LogP contribution in [-0.4, -0.2) is 25.9 Å². The standard InChI is InChI=1S/C12H14F3N5S/c13-12(14,15)10-17-18-11-20(10)19-9(21-11)8-5-6-3-1-2-4-7(6)16-8/h6-8,16H,1-5H2. The van der Waals surface area contributed by atoms with Gasteiger partial charge in [0.05, 0.1) is 6.04 Å². The minimum atomic E-state index is -4.53. The number of nitrogens with zero attached hydrogens (tertiary/aromatic N) is 4. The van der Waals surface area contributed by atoms with Crippen LogP contribution in [0.25, 0.3) is 4.96 Å². The van der Waals surface area contributed by atoms with E-state index in [2.05, 4.69) is 20.6 Å². The zero-order valence-electron chi connectivity index (χ0n) is 11.1. The Bertz CT molecular complexity index is 649. The summed E-state index contributed by atoms with van der Waals surface area (Å²) in [7, 11) is 0. The first-order valence-corrected chi connectivity index (χ1v) is 7.89. The first-order chi connectivity index (χ1) is 10.0. The SMILES string of the molecule is FC(F)(F)c1nnc2sc(C3CC4CCCCC4N3)nn12. The molecule has 1 aliphatic heterocycles. The Labute approximate surface area is 122 Å². The van der Waals surface area contributed by atoms with E-state index in [4.69, 9.17) is 0 Å². The fraction of sp³-hybridized carbons (Fsp3) is 0.750. The van der Waals surface area contributed by atoms with E-state index >= 15 is 0 Å². The Balaban J connectivity index is 1.64. The topological polar surface area (TPSA) is 55.1 Å². The molecule has 3 atom stereocenters. The van der Waals surface area contributed by atoms with E-state index in [0.29, 0.717) is 17.0 Å². The van der Waals surface area contributed by atoms with E-state index < -0.39 is 12.0 Å². The molecule has 0 spiro atoms. The third-order valence-electron chi connectivity index (χ3n) is 4.42. The lowest BCUT2D eigenvalue weighted by molar-refractivity contribution is -0.146. The lowest BCUT2D eigenvalue weighted by Gasteiger charge is -2.24. The maximum absolute atomic E-state index is 12.8. The van der Waals surface area contributed by atoms with E-state index in [-0.39, 0.29) is 11.0 Å². The van der Waals surface area contributed by atoms with Crippen molar-refractivity contribution in [3.63, 3.8) is 0 Å². The molecule has 4 rings (SSSR count). The minimum absolute atomic E-state index is 0.0471. The van der Waals surface area contributed by atoms with Gasteiger partial charge in [-0.05, 0) is 25.2 Å². The van der Waals surface area contributed by atoms with E-state index in [1.807, 2.05) is 0 Å². The summed E-state index contributed by atoms with van der Waals surface area (Å²) in [6.07, 6.45) is 1.26. The Morgan fingerprint density at radius 1 is 1.19 bits per heavy atom. The number of fused-ring (bicyclic) bond motifs is 2. The van der Waals surface area contributed by atoms with Crippen molar-refractivity contribution in [2.24, 2.45) is 5.92 Å². The van der Waals surface area contributed by atoms with Crippen LogP contribution in [0.2, 0.25) is 0 Å². The van der Waals surface area contributed by atoms with Crippen molar-refractivity contribution in [3.05, 3.63) is 10.8 Å². The third kappa shape index (κ3) is 2.22. The van der Waals surface area contributed by atoms with E-state index in [1.54, 1.807) is 0 Å². The monoisotopic (exact) mass is 317 g/mol. The molecule has 1 saturated heterocycles. The average Bonchev–Trinajstić information content (AvgIpc) is 3.09. The van der Waals surface area contributed by atoms with Gasteiger partial charge in [0.1, 0.15) is 5.01 Å². The molecule has 0 radical (unpaired) electrons. The summed E-state index contributed by atoms with van der Waals surface area (Å²) in [5.74, 6) is -0.421. The summed E-state index contributed by atoms with van der Waals surface area (Å²) in [6, 6.07) is 0.533. The molecular formula is C12H14F3N5S. The van der Waals surface area contributed by atoms with Gasteiger partial charge in [0.2, 0.25) is 4.96 Å². The molecule has 9 heteroatoms. The van der Waals surface area contributed by atoms with Gasteiger partial charge in [-0.25, -0.2) is 0 Å². The highest BCUT2D eigenvalue weighted by atomic mass is 32.1. The Morgan fingerprint density at radius 3 is 2.76 bits per heavy atom. The maximum Gasteiger partial charge on any atom is 0.453 e. The number of halogens is 3. The zero-order chi connectivity index (χ0) is 14.6. The van der Waals surface area contributed by atoms with Crippen molar-refractivity contribution >= 4 is 16.3 Å². The largest absolute Gasteiger partial charge is 0.453 e. The summed E-state index contributed by atoms with van der Waals surface area (Å²) in [6.45, 7) is 0. The van der Waals surface area contributed by atoms with Crippen LogP contribution in [0, 0.1) is 5.92 Å². The second kappa shape index (κ2) is 4.64. The fourth-order valence-electron chi connectivity index (χ4n) is 3.46. The normalized spacial score (nSPS) is 30.0. The van der Waals surface area contributed by atoms with Crippen LogP contribution in [0.4, 0.5) is 13.2 Å². The highest BCUT2D eigenvalue weighted by Gasteiger charge is 2.40. The van der Waals surface area contributed by atoms with Gasteiger partial charge in [-0.3, -0.25) is 0 Å². The third-order valence-corrected chi connectivity index (χ3v) is 5.43. The molecule has 2 aromatic rings. The highest BCUT2D eigenvalue weighted by Crippen LogP contribution is 2.40. The number of nitrogens with one attached hydrogen (secondary N) is 1. The summed E-state index contributed by atoms with van der Waals surface area (Å²) in [4.78, 5) is 0.203. The molecule has 3 heterocycles. The van der Waals surface area contributed by atoms with Crippen molar-refractivity contribution in [1.29, 1.82) is 0 Å². The second-order valence-electron chi connectivity index (χ2n) is 5.76. The molecule has 0 bridgehead atoms. The molecular weight excluding hydrogens is 303 g/mol. The summed E-state index contributed by atoms with van der Waals surface area (Å²) in [5, 5.41) is 15.1. The molecule has 1 aliphatic carbocycles. The minimum Gasteiger partial charge on any atom is -0.305 e. The number of alkyl halides is 3. The Hall–Kier alpha value is -1.22. The molecule has 0 amide bonds. The van der Waals surface area contributed by atoms with Crippen molar-refractivity contribution < 1.29 is 13.2 Å². The second-order valence-corrected chi connectivity index (χ2v) is 6.75. The first kappa shape index (κ1) is 13.4. The van der Waals surface area contributed by atoms with Crippen LogP contribution >= 0.6 is 11.3 Å². The summed E-state index contributed by atoms with van der Waals surface area (Å²) < 4.78 is 39.2. The molecule has 2 aliphatic rings. The first-order valence-electron chi connectivity index (χ1n) is 7.08. The van der Waals surface area contributed by atoms with Gasteiger partial charge in [-0.15, -0.1) is 10.2 Å². The smallest absolute Gasteiger partial charge is 0.305 e. The summed E-state index contributed by atoms with van der Waals surface area (Å²) in [5.41, 5.74) is 0. The van der Waals surface area contributed by atoms with Gasteiger partial charge in [0.15, 0.2) is 0 Å². The number of aromatic nitrogens is 4. The molecule has 1 N–H and O–H groups in total. The number of hydrogen-bond acceptors (Lipinski definition) is 5. The molecule has 2 aromatic heterocycles. The van der Waals surface area contributed by atoms with E-state index in [1.165, 1.54) is 30.6 Å². The fourth-order valence-corrected chi connectivity index (χ4v) is 4.37. The predicted molar refractivity (Wildman–Crippen MR) is 69.9 cm³/mol. The van der Waals surface area contributed by atoms with Crippen LogP contribution in [0.5, 0.6) is 0 Å².